The quantitative estimate of drug-likeness (QED) is 0.869. The van der Waals surface area contributed by atoms with Crippen molar-refractivity contribution in [3.8, 4) is 5.88 Å². The molecule has 1 aromatic carbocycles. The molecule has 2 atom stereocenters. The van der Waals surface area contributed by atoms with E-state index >= 15 is 0 Å². The lowest BCUT2D eigenvalue weighted by atomic mass is 9.95. The maximum Gasteiger partial charge on any atom is 0.216 e. The summed E-state index contributed by atoms with van der Waals surface area (Å²) < 4.78 is 19.2. The third kappa shape index (κ3) is 2.96. The van der Waals surface area contributed by atoms with E-state index in [0.717, 1.165) is 25.1 Å². The van der Waals surface area contributed by atoms with Gasteiger partial charge in [-0.1, -0.05) is 36.4 Å². The van der Waals surface area contributed by atoms with Gasteiger partial charge in [-0.25, -0.2) is 0 Å². The van der Waals surface area contributed by atoms with Gasteiger partial charge < -0.3 is 10.1 Å². The highest BCUT2D eigenvalue weighted by Gasteiger charge is 2.28. The van der Waals surface area contributed by atoms with Crippen LogP contribution in [0, 0.1) is 11.9 Å². The summed E-state index contributed by atoms with van der Waals surface area (Å²) >= 11 is 0. The van der Waals surface area contributed by atoms with E-state index in [1.54, 1.807) is 12.1 Å². The first-order valence-electron chi connectivity index (χ1n) is 6.88. The number of aromatic nitrogens is 1. The number of benzene rings is 1. The molecule has 3 nitrogen and oxygen atoms in total. The Hall–Kier alpha value is -1.94. The van der Waals surface area contributed by atoms with E-state index in [1.807, 2.05) is 30.3 Å². The fourth-order valence-corrected chi connectivity index (χ4v) is 2.60. The highest BCUT2D eigenvalue weighted by Crippen LogP contribution is 2.31. The standard InChI is InChI=1S/C16H17FN2O/c17-14-7-4-8-15(19-14)20-16(13-9-10-18-11-13)12-5-2-1-3-6-12/h1-8,13,16,18H,9-11H2/t13?,16-/m1/s1. The summed E-state index contributed by atoms with van der Waals surface area (Å²) in [5.41, 5.74) is 1.10. The Kier molecular flexibility index (Phi) is 3.92. The molecule has 1 aromatic heterocycles. The minimum Gasteiger partial charge on any atom is -0.469 e. The highest BCUT2D eigenvalue weighted by molar-refractivity contribution is 5.21. The van der Waals surface area contributed by atoms with Crippen molar-refractivity contribution >= 4 is 0 Å². The van der Waals surface area contributed by atoms with Crippen LogP contribution >= 0.6 is 0 Å². The van der Waals surface area contributed by atoms with Crippen molar-refractivity contribution in [3.05, 3.63) is 60.0 Å². The summed E-state index contributed by atoms with van der Waals surface area (Å²) in [6.07, 6.45) is 0.954. The first-order chi connectivity index (χ1) is 9.83. The average molecular weight is 272 g/mol. The van der Waals surface area contributed by atoms with Crippen LogP contribution in [0.15, 0.2) is 48.5 Å². The summed E-state index contributed by atoms with van der Waals surface area (Å²) in [7, 11) is 0. The predicted octanol–water partition coefficient (Wildman–Crippen LogP) is 2.95. The Labute approximate surface area is 117 Å². The van der Waals surface area contributed by atoms with Crippen LogP contribution < -0.4 is 10.1 Å². The van der Waals surface area contributed by atoms with Gasteiger partial charge in [0.2, 0.25) is 11.8 Å². The van der Waals surface area contributed by atoms with Crippen molar-refractivity contribution in [1.29, 1.82) is 0 Å². The molecule has 1 saturated heterocycles. The number of rotatable bonds is 4. The van der Waals surface area contributed by atoms with Crippen molar-refractivity contribution in [2.75, 3.05) is 13.1 Å². The zero-order chi connectivity index (χ0) is 13.8. The Morgan fingerprint density at radius 2 is 2.00 bits per heavy atom. The smallest absolute Gasteiger partial charge is 0.216 e. The van der Waals surface area contributed by atoms with E-state index in [0.29, 0.717) is 11.8 Å². The number of nitrogens with zero attached hydrogens (tertiary/aromatic N) is 1. The van der Waals surface area contributed by atoms with Gasteiger partial charge >= 0.3 is 0 Å². The topological polar surface area (TPSA) is 34.1 Å². The van der Waals surface area contributed by atoms with Crippen LogP contribution in [0.1, 0.15) is 18.1 Å². The summed E-state index contributed by atoms with van der Waals surface area (Å²) in [5.74, 6) is 0.201. The van der Waals surface area contributed by atoms with Gasteiger partial charge in [-0.15, -0.1) is 0 Å². The van der Waals surface area contributed by atoms with Gasteiger partial charge in [0.15, 0.2) is 0 Å². The minimum absolute atomic E-state index is 0.0968. The fourth-order valence-electron chi connectivity index (χ4n) is 2.60. The van der Waals surface area contributed by atoms with Crippen LogP contribution in [0.25, 0.3) is 0 Å². The normalized spacial score (nSPS) is 19.8. The van der Waals surface area contributed by atoms with E-state index in [1.165, 1.54) is 6.07 Å². The fraction of sp³-hybridized carbons (Fsp3) is 0.312. The average Bonchev–Trinajstić information content (AvgIpc) is 3.00. The Balaban J connectivity index is 1.85. The number of pyridine rings is 1. The van der Waals surface area contributed by atoms with Crippen LogP contribution in [-0.2, 0) is 0 Å². The lowest BCUT2D eigenvalue weighted by Gasteiger charge is -2.24. The Morgan fingerprint density at radius 3 is 2.70 bits per heavy atom. The van der Waals surface area contributed by atoms with E-state index in [9.17, 15) is 4.39 Å². The Morgan fingerprint density at radius 1 is 1.15 bits per heavy atom. The van der Waals surface area contributed by atoms with Crippen molar-refractivity contribution in [2.45, 2.75) is 12.5 Å². The zero-order valence-electron chi connectivity index (χ0n) is 11.1. The molecule has 104 valence electrons. The Bertz CT molecular complexity index is 555. The van der Waals surface area contributed by atoms with Crippen LogP contribution in [-0.4, -0.2) is 18.1 Å². The monoisotopic (exact) mass is 272 g/mol. The number of ether oxygens (including phenoxy) is 1. The van der Waals surface area contributed by atoms with Gasteiger partial charge in [-0.3, -0.25) is 0 Å². The summed E-state index contributed by atoms with van der Waals surface area (Å²) in [4.78, 5) is 3.80. The van der Waals surface area contributed by atoms with Gasteiger partial charge in [-0.2, -0.15) is 9.37 Å². The van der Waals surface area contributed by atoms with Gasteiger partial charge in [0.1, 0.15) is 6.10 Å². The van der Waals surface area contributed by atoms with Gasteiger partial charge in [-0.05, 0) is 24.6 Å². The molecule has 1 aliphatic heterocycles. The molecule has 20 heavy (non-hydrogen) atoms. The van der Waals surface area contributed by atoms with Gasteiger partial charge in [0, 0.05) is 18.5 Å². The van der Waals surface area contributed by atoms with Gasteiger partial charge in [0.25, 0.3) is 0 Å². The van der Waals surface area contributed by atoms with Crippen molar-refractivity contribution in [2.24, 2.45) is 5.92 Å². The lowest BCUT2D eigenvalue weighted by Crippen LogP contribution is -2.21. The SMILES string of the molecule is Fc1cccc(O[C@H](c2ccccc2)C2CCNC2)n1. The molecule has 1 fully saturated rings. The summed E-state index contributed by atoms with van der Waals surface area (Å²) in [5, 5.41) is 3.35. The molecule has 2 heterocycles. The van der Waals surface area contributed by atoms with E-state index < -0.39 is 5.95 Å². The van der Waals surface area contributed by atoms with Crippen LogP contribution in [0.3, 0.4) is 0 Å². The van der Waals surface area contributed by atoms with E-state index in [2.05, 4.69) is 10.3 Å². The summed E-state index contributed by atoms with van der Waals surface area (Å²) in [6.45, 7) is 1.91. The largest absolute Gasteiger partial charge is 0.469 e. The molecule has 1 N–H and O–H groups in total. The summed E-state index contributed by atoms with van der Waals surface area (Å²) in [6, 6.07) is 14.7. The molecule has 0 spiro atoms. The van der Waals surface area contributed by atoms with Crippen LogP contribution in [0.4, 0.5) is 4.39 Å². The molecule has 0 amide bonds. The first-order valence-corrected chi connectivity index (χ1v) is 6.88. The van der Waals surface area contributed by atoms with Crippen LogP contribution in [0.2, 0.25) is 0 Å². The molecule has 3 rings (SSSR count). The lowest BCUT2D eigenvalue weighted by molar-refractivity contribution is 0.136. The third-order valence-electron chi connectivity index (χ3n) is 3.59. The molecule has 0 radical (unpaired) electrons. The second kappa shape index (κ2) is 6.01. The molecule has 2 aromatic rings. The van der Waals surface area contributed by atoms with Gasteiger partial charge in [0.05, 0.1) is 0 Å². The number of hydrogen-bond donors (Lipinski definition) is 1. The molecule has 1 aliphatic rings. The minimum atomic E-state index is -0.515. The maximum atomic E-state index is 13.2. The van der Waals surface area contributed by atoms with Crippen molar-refractivity contribution in [3.63, 3.8) is 0 Å². The molecule has 1 unspecified atom stereocenters. The number of nitrogens with one attached hydrogen (secondary N) is 1. The predicted molar refractivity (Wildman–Crippen MR) is 75.0 cm³/mol. The molecule has 0 saturated carbocycles. The molecular weight excluding hydrogens is 255 g/mol. The second-order valence-corrected chi connectivity index (χ2v) is 5.00. The maximum absolute atomic E-state index is 13.2. The van der Waals surface area contributed by atoms with E-state index in [-0.39, 0.29) is 6.10 Å². The van der Waals surface area contributed by atoms with Crippen molar-refractivity contribution in [1.82, 2.24) is 10.3 Å². The second-order valence-electron chi connectivity index (χ2n) is 5.00. The molecule has 4 heteroatoms. The first kappa shape index (κ1) is 13.1. The molecule has 0 bridgehead atoms. The number of halogens is 1. The van der Waals surface area contributed by atoms with E-state index in [4.69, 9.17) is 4.74 Å². The van der Waals surface area contributed by atoms with Crippen LogP contribution in [0.5, 0.6) is 5.88 Å². The zero-order valence-corrected chi connectivity index (χ0v) is 11.1. The highest BCUT2D eigenvalue weighted by atomic mass is 19.1. The number of hydrogen-bond acceptors (Lipinski definition) is 3. The van der Waals surface area contributed by atoms with Crippen molar-refractivity contribution < 1.29 is 9.13 Å². The third-order valence-corrected chi connectivity index (χ3v) is 3.59. The molecular formula is C16H17FN2O. The molecule has 0 aliphatic carbocycles.